The molecule has 1 aromatic carbocycles. The Morgan fingerprint density at radius 2 is 2.05 bits per heavy atom. The fourth-order valence-electron chi connectivity index (χ4n) is 1.87. The molecule has 0 saturated heterocycles. The molecule has 0 fully saturated rings. The number of hydrogen-bond donors (Lipinski definition) is 1. The van der Waals surface area contributed by atoms with Gasteiger partial charge >= 0.3 is 0 Å². The van der Waals surface area contributed by atoms with E-state index in [9.17, 15) is 4.79 Å². The molecule has 1 aromatic rings. The molecule has 0 spiro atoms. The van der Waals surface area contributed by atoms with Crippen molar-refractivity contribution in [1.29, 1.82) is 0 Å². The van der Waals surface area contributed by atoms with Gasteiger partial charge in [-0.3, -0.25) is 4.79 Å². The summed E-state index contributed by atoms with van der Waals surface area (Å²) in [4.78, 5) is 12.2. The average molecular weight is 412 g/mol. The summed E-state index contributed by atoms with van der Waals surface area (Å²) in [6.07, 6.45) is 4.18. The van der Waals surface area contributed by atoms with E-state index in [1.54, 1.807) is 12.1 Å². The van der Waals surface area contributed by atoms with Gasteiger partial charge in [0.05, 0.1) is 5.56 Å². The number of amides is 1. The second-order valence-corrected chi connectivity index (χ2v) is 7.27. The molecule has 5 heteroatoms. The van der Waals surface area contributed by atoms with E-state index in [4.69, 9.17) is 11.6 Å². The zero-order chi connectivity index (χ0) is 14.5. The first kappa shape index (κ1) is 17.1. The van der Waals surface area contributed by atoms with Crippen molar-refractivity contribution in [2.75, 3.05) is 12.8 Å². The molecule has 0 aliphatic heterocycles. The van der Waals surface area contributed by atoms with Gasteiger partial charge in [-0.25, -0.2) is 0 Å². The molecule has 0 atom stereocenters. The van der Waals surface area contributed by atoms with Crippen molar-refractivity contribution in [3.05, 3.63) is 32.4 Å². The minimum absolute atomic E-state index is 0.0489. The molecule has 0 bridgehead atoms. The molecule has 1 amide bonds. The number of carbonyl (C=O) groups is 1. The molecule has 1 rings (SSSR count). The number of carbonyl (C=O) groups excluding carboxylic acids is 1. The summed E-state index contributed by atoms with van der Waals surface area (Å²) in [6.45, 7) is 5.01. The summed E-state index contributed by atoms with van der Waals surface area (Å²) in [5.74, 6) is -0.0489. The first-order chi connectivity index (χ1) is 8.98. The summed E-state index contributed by atoms with van der Waals surface area (Å²) in [6, 6.07) is 5.38. The summed E-state index contributed by atoms with van der Waals surface area (Å²) in [5.41, 5.74) is 0.648. The minimum Gasteiger partial charge on any atom is -0.351 e. The van der Waals surface area contributed by atoms with Gasteiger partial charge in [0, 0.05) is 19.9 Å². The lowest BCUT2D eigenvalue weighted by Gasteiger charge is -2.29. The molecular formula is C14H19ClINOS. The van der Waals surface area contributed by atoms with E-state index < -0.39 is 0 Å². The van der Waals surface area contributed by atoms with Crippen LogP contribution >= 0.6 is 46.0 Å². The maximum absolute atomic E-state index is 12.2. The van der Waals surface area contributed by atoms with Crippen LogP contribution in [-0.2, 0) is 0 Å². The predicted molar refractivity (Wildman–Crippen MR) is 93.3 cm³/mol. The van der Waals surface area contributed by atoms with Gasteiger partial charge in [-0.05, 0) is 59.9 Å². The van der Waals surface area contributed by atoms with E-state index in [1.165, 1.54) is 0 Å². The van der Waals surface area contributed by atoms with Crippen LogP contribution in [0.3, 0.4) is 0 Å². The van der Waals surface area contributed by atoms with Crippen LogP contribution in [0.25, 0.3) is 0 Å². The summed E-state index contributed by atoms with van der Waals surface area (Å²) >= 11 is 9.92. The lowest BCUT2D eigenvalue weighted by molar-refractivity contribution is 0.0948. The second-order valence-electron chi connectivity index (χ2n) is 4.40. The van der Waals surface area contributed by atoms with Crippen LogP contribution in [0.5, 0.6) is 0 Å². The summed E-state index contributed by atoms with van der Waals surface area (Å²) in [5, 5.41) is 3.63. The average Bonchev–Trinajstić information content (AvgIpc) is 2.43. The Morgan fingerprint density at radius 3 is 2.58 bits per heavy atom. The van der Waals surface area contributed by atoms with Crippen molar-refractivity contribution in [2.45, 2.75) is 31.4 Å². The normalized spacial score (nSPS) is 11.4. The highest BCUT2D eigenvalue weighted by Gasteiger charge is 2.25. The van der Waals surface area contributed by atoms with Crippen molar-refractivity contribution in [2.24, 2.45) is 0 Å². The van der Waals surface area contributed by atoms with Crippen LogP contribution in [0.2, 0.25) is 5.02 Å². The van der Waals surface area contributed by atoms with Gasteiger partial charge in [0.2, 0.25) is 0 Å². The number of hydrogen-bond acceptors (Lipinski definition) is 2. The van der Waals surface area contributed by atoms with Gasteiger partial charge in [-0.2, -0.15) is 11.8 Å². The largest absolute Gasteiger partial charge is 0.351 e. The van der Waals surface area contributed by atoms with Crippen molar-refractivity contribution < 1.29 is 4.79 Å². The van der Waals surface area contributed by atoms with E-state index in [-0.39, 0.29) is 10.7 Å². The Kier molecular flexibility index (Phi) is 6.97. The van der Waals surface area contributed by atoms with Crippen LogP contribution in [0.1, 0.15) is 37.0 Å². The Morgan fingerprint density at radius 1 is 1.42 bits per heavy atom. The van der Waals surface area contributed by atoms with E-state index >= 15 is 0 Å². The molecule has 0 aliphatic rings. The third-order valence-electron chi connectivity index (χ3n) is 3.47. The van der Waals surface area contributed by atoms with Gasteiger partial charge < -0.3 is 5.32 Å². The number of halogens is 2. The van der Waals surface area contributed by atoms with Gasteiger partial charge in [-0.1, -0.05) is 25.4 Å². The molecule has 0 radical (unpaired) electrons. The number of thioether (sulfide) groups is 1. The molecule has 0 heterocycles. The first-order valence-electron chi connectivity index (χ1n) is 6.26. The van der Waals surface area contributed by atoms with Crippen LogP contribution in [0.15, 0.2) is 18.2 Å². The molecule has 0 aliphatic carbocycles. The second kappa shape index (κ2) is 7.74. The number of rotatable bonds is 6. The maximum Gasteiger partial charge on any atom is 0.252 e. The Balaban J connectivity index is 2.77. The molecule has 0 unspecified atom stereocenters. The van der Waals surface area contributed by atoms with E-state index in [0.717, 1.165) is 16.4 Å². The predicted octanol–water partition coefficient (Wildman–Crippen LogP) is 4.60. The molecule has 0 saturated carbocycles. The fraction of sp³-hybridized carbons (Fsp3) is 0.500. The van der Waals surface area contributed by atoms with Gasteiger partial charge in [0.1, 0.15) is 0 Å². The van der Waals surface area contributed by atoms with E-state index in [0.29, 0.717) is 17.1 Å². The van der Waals surface area contributed by atoms with E-state index in [1.807, 2.05) is 17.8 Å². The third-order valence-corrected chi connectivity index (χ3v) is 6.23. The van der Waals surface area contributed by atoms with Crippen molar-refractivity contribution in [3.8, 4) is 0 Å². The highest BCUT2D eigenvalue weighted by Crippen LogP contribution is 2.29. The van der Waals surface area contributed by atoms with Gasteiger partial charge in [0.15, 0.2) is 0 Å². The lowest BCUT2D eigenvalue weighted by atomic mass is 10.0. The maximum atomic E-state index is 12.2. The molecule has 0 aromatic heterocycles. The third kappa shape index (κ3) is 4.53. The van der Waals surface area contributed by atoms with Crippen LogP contribution < -0.4 is 5.32 Å². The molecular weight excluding hydrogens is 393 g/mol. The minimum atomic E-state index is -0.0489. The SMILES string of the molecule is CCC(CC)(CNC(=O)c1cc(Cl)ccc1I)SC. The van der Waals surface area contributed by atoms with Crippen LogP contribution in [0, 0.1) is 3.57 Å². The van der Waals surface area contributed by atoms with Crippen LogP contribution in [-0.4, -0.2) is 23.5 Å². The monoisotopic (exact) mass is 411 g/mol. The number of nitrogens with one attached hydrogen (secondary N) is 1. The standard InChI is InChI=1S/C14H19ClINOS/c1-4-14(5-2,19-3)9-17-13(18)11-8-10(15)6-7-12(11)16/h6-8H,4-5,9H2,1-3H3,(H,17,18). The fourth-order valence-corrected chi connectivity index (χ4v) is 3.42. The summed E-state index contributed by atoms with van der Waals surface area (Å²) in [7, 11) is 0. The molecule has 1 N–H and O–H groups in total. The first-order valence-corrected chi connectivity index (χ1v) is 8.94. The highest BCUT2D eigenvalue weighted by atomic mass is 127. The molecule has 2 nitrogen and oxygen atoms in total. The van der Waals surface area contributed by atoms with Crippen molar-refractivity contribution in [3.63, 3.8) is 0 Å². The topological polar surface area (TPSA) is 29.1 Å². The highest BCUT2D eigenvalue weighted by molar-refractivity contribution is 14.1. The number of benzene rings is 1. The van der Waals surface area contributed by atoms with Gasteiger partial charge in [-0.15, -0.1) is 0 Å². The molecule has 106 valence electrons. The smallest absolute Gasteiger partial charge is 0.252 e. The van der Waals surface area contributed by atoms with Gasteiger partial charge in [0.25, 0.3) is 5.91 Å². The molecule has 19 heavy (non-hydrogen) atoms. The van der Waals surface area contributed by atoms with Crippen molar-refractivity contribution >= 4 is 51.9 Å². The summed E-state index contributed by atoms with van der Waals surface area (Å²) < 4.78 is 1.04. The lowest BCUT2D eigenvalue weighted by Crippen LogP contribution is -2.39. The zero-order valence-electron chi connectivity index (χ0n) is 11.4. The van der Waals surface area contributed by atoms with Crippen LogP contribution in [0.4, 0.5) is 0 Å². The Hall–Kier alpha value is 0.0600. The van der Waals surface area contributed by atoms with Crippen molar-refractivity contribution in [1.82, 2.24) is 5.32 Å². The Bertz CT molecular complexity index is 441. The van der Waals surface area contributed by atoms with E-state index in [2.05, 4.69) is 48.0 Å². The quantitative estimate of drug-likeness (QED) is 0.693. The Labute approximate surface area is 138 Å². The zero-order valence-corrected chi connectivity index (χ0v) is 15.2.